The Bertz CT molecular complexity index is 501. The first kappa shape index (κ1) is 12.1. The van der Waals surface area contributed by atoms with Crippen LogP contribution < -0.4 is 0 Å². The molecule has 0 N–H and O–H groups in total. The first-order chi connectivity index (χ1) is 7.82. The smallest absolute Gasteiger partial charge is 0.218 e. The van der Waals surface area contributed by atoms with Crippen molar-refractivity contribution in [3.63, 3.8) is 0 Å². The number of rotatable bonds is 1. The summed E-state index contributed by atoms with van der Waals surface area (Å²) in [7, 11) is 0. The van der Waals surface area contributed by atoms with Crippen LogP contribution in [0.3, 0.4) is 0 Å². The predicted molar refractivity (Wildman–Crippen MR) is 69.8 cm³/mol. The SMILES string of the molecule is Cc1nc(C)c(C2=NCC(C)(C)O2)c(C)c1C. The van der Waals surface area contributed by atoms with E-state index in [-0.39, 0.29) is 5.60 Å². The van der Waals surface area contributed by atoms with Crippen molar-refractivity contribution >= 4 is 5.90 Å². The summed E-state index contributed by atoms with van der Waals surface area (Å²) in [5, 5.41) is 0. The molecule has 1 aliphatic heterocycles. The monoisotopic (exact) mass is 232 g/mol. The van der Waals surface area contributed by atoms with Crippen LogP contribution in [0.15, 0.2) is 4.99 Å². The van der Waals surface area contributed by atoms with E-state index >= 15 is 0 Å². The minimum absolute atomic E-state index is 0.187. The topological polar surface area (TPSA) is 34.5 Å². The molecule has 0 atom stereocenters. The molecule has 2 rings (SSSR count). The zero-order valence-corrected chi connectivity index (χ0v) is 11.5. The Morgan fingerprint density at radius 1 is 1.00 bits per heavy atom. The van der Waals surface area contributed by atoms with Crippen LogP contribution in [-0.2, 0) is 4.74 Å². The van der Waals surface area contributed by atoms with E-state index in [0.717, 1.165) is 22.8 Å². The zero-order chi connectivity index (χ0) is 12.8. The average molecular weight is 232 g/mol. The molecule has 2 heterocycles. The summed E-state index contributed by atoms with van der Waals surface area (Å²) in [5.41, 5.74) is 5.42. The maximum atomic E-state index is 5.90. The Labute approximate surface area is 103 Å². The van der Waals surface area contributed by atoms with Crippen LogP contribution in [0.2, 0.25) is 0 Å². The number of aryl methyl sites for hydroxylation is 2. The third kappa shape index (κ3) is 2.06. The van der Waals surface area contributed by atoms with Crippen LogP contribution in [0, 0.1) is 27.7 Å². The predicted octanol–water partition coefficient (Wildman–Crippen LogP) is 2.87. The van der Waals surface area contributed by atoms with Gasteiger partial charge in [-0.25, -0.2) is 4.99 Å². The highest BCUT2D eigenvalue weighted by Gasteiger charge is 2.30. The molecule has 0 aromatic carbocycles. The number of hydrogen-bond donors (Lipinski definition) is 0. The number of nitrogens with zero attached hydrogens (tertiary/aromatic N) is 2. The quantitative estimate of drug-likeness (QED) is 0.746. The van der Waals surface area contributed by atoms with E-state index in [1.807, 2.05) is 13.8 Å². The molecule has 0 bridgehead atoms. The highest BCUT2D eigenvalue weighted by atomic mass is 16.5. The van der Waals surface area contributed by atoms with Gasteiger partial charge in [0.15, 0.2) is 0 Å². The Balaban J connectivity index is 2.51. The van der Waals surface area contributed by atoms with E-state index in [2.05, 4.69) is 37.7 Å². The van der Waals surface area contributed by atoms with Gasteiger partial charge in [-0.05, 0) is 52.7 Å². The fraction of sp³-hybridized carbons (Fsp3) is 0.571. The lowest BCUT2D eigenvalue weighted by molar-refractivity contribution is 0.131. The van der Waals surface area contributed by atoms with Gasteiger partial charge in [-0.3, -0.25) is 4.98 Å². The molecule has 1 aliphatic rings. The molecule has 0 aliphatic carbocycles. The molecule has 92 valence electrons. The van der Waals surface area contributed by atoms with Crippen LogP contribution >= 0.6 is 0 Å². The Morgan fingerprint density at radius 3 is 2.18 bits per heavy atom. The van der Waals surface area contributed by atoms with Crippen LogP contribution in [0.5, 0.6) is 0 Å². The molecule has 0 unspecified atom stereocenters. The summed E-state index contributed by atoms with van der Waals surface area (Å²) < 4.78 is 5.90. The minimum Gasteiger partial charge on any atom is -0.469 e. The summed E-state index contributed by atoms with van der Waals surface area (Å²) >= 11 is 0. The van der Waals surface area contributed by atoms with Crippen LogP contribution in [0.25, 0.3) is 0 Å². The summed E-state index contributed by atoms with van der Waals surface area (Å²) in [6, 6.07) is 0. The number of aliphatic imine (C=N–C) groups is 1. The molecule has 0 radical (unpaired) electrons. The van der Waals surface area contributed by atoms with E-state index in [9.17, 15) is 0 Å². The average Bonchev–Trinajstić information content (AvgIpc) is 2.55. The fourth-order valence-electron chi connectivity index (χ4n) is 2.16. The standard InChI is InChI=1S/C14H20N2O/c1-8-9(2)12(11(4)16-10(8)3)13-15-7-14(5,6)17-13/h7H2,1-6H3. The number of pyridine rings is 1. The maximum absolute atomic E-state index is 5.90. The highest BCUT2D eigenvalue weighted by Crippen LogP contribution is 2.26. The van der Waals surface area contributed by atoms with E-state index in [0.29, 0.717) is 6.54 Å². The van der Waals surface area contributed by atoms with Gasteiger partial charge in [-0.2, -0.15) is 0 Å². The van der Waals surface area contributed by atoms with Crippen LogP contribution in [0.1, 0.15) is 41.9 Å². The van der Waals surface area contributed by atoms with E-state index in [1.165, 1.54) is 11.1 Å². The van der Waals surface area contributed by atoms with E-state index < -0.39 is 0 Å². The second kappa shape index (κ2) is 3.83. The van der Waals surface area contributed by atoms with Gasteiger partial charge in [0.2, 0.25) is 5.90 Å². The van der Waals surface area contributed by atoms with Gasteiger partial charge in [0, 0.05) is 5.69 Å². The molecule has 1 aromatic heterocycles. The normalized spacial score (nSPS) is 17.9. The van der Waals surface area contributed by atoms with Crippen LogP contribution in [-0.4, -0.2) is 23.0 Å². The van der Waals surface area contributed by atoms with Crippen molar-refractivity contribution in [2.75, 3.05) is 6.54 Å². The molecule has 0 saturated carbocycles. The summed E-state index contributed by atoms with van der Waals surface area (Å²) in [6.07, 6.45) is 0. The van der Waals surface area contributed by atoms with Crippen molar-refractivity contribution < 1.29 is 4.74 Å². The molecule has 0 fully saturated rings. The third-order valence-corrected chi connectivity index (χ3v) is 3.37. The molecule has 0 amide bonds. The van der Waals surface area contributed by atoms with Crippen molar-refractivity contribution in [3.8, 4) is 0 Å². The molecule has 17 heavy (non-hydrogen) atoms. The summed E-state index contributed by atoms with van der Waals surface area (Å²) in [5.74, 6) is 0.751. The van der Waals surface area contributed by atoms with Crippen LogP contribution in [0.4, 0.5) is 0 Å². The van der Waals surface area contributed by atoms with E-state index in [4.69, 9.17) is 4.74 Å². The molecule has 1 aromatic rings. The Kier molecular flexibility index (Phi) is 2.72. The lowest BCUT2D eigenvalue weighted by Gasteiger charge is -2.19. The van der Waals surface area contributed by atoms with Gasteiger partial charge >= 0.3 is 0 Å². The lowest BCUT2D eigenvalue weighted by atomic mass is 10.0. The Hall–Kier alpha value is -1.38. The van der Waals surface area contributed by atoms with Crippen molar-refractivity contribution in [3.05, 3.63) is 28.1 Å². The molecular formula is C14H20N2O. The minimum atomic E-state index is -0.187. The Morgan fingerprint density at radius 2 is 1.65 bits per heavy atom. The number of ether oxygens (including phenoxy) is 1. The number of aromatic nitrogens is 1. The van der Waals surface area contributed by atoms with Crippen molar-refractivity contribution in [1.82, 2.24) is 4.98 Å². The van der Waals surface area contributed by atoms with Crippen molar-refractivity contribution in [2.45, 2.75) is 47.1 Å². The molecule has 3 heteroatoms. The largest absolute Gasteiger partial charge is 0.469 e. The summed E-state index contributed by atoms with van der Waals surface area (Å²) in [4.78, 5) is 9.07. The van der Waals surface area contributed by atoms with E-state index in [1.54, 1.807) is 0 Å². The third-order valence-electron chi connectivity index (χ3n) is 3.37. The molecular weight excluding hydrogens is 212 g/mol. The van der Waals surface area contributed by atoms with Gasteiger partial charge in [0.25, 0.3) is 0 Å². The fourth-order valence-corrected chi connectivity index (χ4v) is 2.16. The highest BCUT2D eigenvalue weighted by molar-refractivity contribution is 5.98. The zero-order valence-electron chi connectivity index (χ0n) is 11.5. The second-order valence-electron chi connectivity index (χ2n) is 5.39. The van der Waals surface area contributed by atoms with Gasteiger partial charge in [-0.1, -0.05) is 0 Å². The first-order valence-corrected chi connectivity index (χ1v) is 6.00. The van der Waals surface area contributed by atoms with Gasteiger partial charge in [-0.15, -0.1) is 0 Å². The number of hydrogen-bond acceptors (Lipinski definition) is 3. The van der Waals surface area contributed by atoms with Crippen molar-refractivity contribution in [2.24, 2.45) is 4.99 Å². The second-order valence-corrected chi connectivity index (χ2v) is 5.39. The van der Waals surface area contributed by atoms with Gasteiger partial charge < -0.3 is 4.74 Å². The van der Waals surface area contributed by atoms with Gasteiger partial charge in [0.1, 0.15) is 5.60 Å². The molecule has 3 nitrogen and oxygen atoms in total. The lowest BCUT2D eigenvalue weighted by Crippen LogP contribution is -2.25. The maximum Gasteiger partial charge on any atom is 0.218 e. The molecule has 0 spiro atoms. The van der Waals surface area contributed by atoms with Crippen molar-refractivity contribution in [1.29, 1.82) is 0 Å². The summed E-state index contributed by atoms with van der Waals surface area (Å²) in [6.45, 7) is 13.1. The first-order valence-electron chi connectivity index (χ1n) is 6.00. The molecule has 0 saturated heterocycles. The van der Waals surface area contributed by atoms with Gasteiger partial charge in [0.05, 0.1) is 17.8 Å².